The number of pyridine rings is 2. The van der Waals surface area contributed by atoms with Crippen LogP contribution >= 0.6 is 0 Å². The molecule has 0 radical (unpaired) electrons. The molecule has 170 valence electrons. The standard InChI is InChI=1S/C30H35N2O/c1-20-7-9-24-25-10-8-21(2)31-29(25)33-28(24)27(20)26-19-23(13-18-32(26)3)22-11-16-30(17-12-22)14-5-4-6-15-30/h7-10,13,18-19,22H,4-6,11-12,14-17H2,1-3H3/q+1/i2D3. The molecule has 6 rings (SSSR count). The summed E-state index contributed by atoms with van der Waals surface area (Å²) in [6.45, 7) is -0.147. The number of nitrogens with zero attached hydrogens (tertiary/aromatic N) is 2. The highest BCUT2D eigenvalue weighted by Crippen LogP contribution is 2.51. The van der Waals surface area contributed by atoms with Gasteiger partial charge in [0.1, 0.15) is 7.05 Å². The van der Waals surface area contributed by atoms with Gasteiger partial charge in [0.25, 0.3) is 0 Å². The van der Waals surface area contributed by atoms with Crippen LogP contribution in [0.5, 0.6) is 0 Å². The van der Waals surface area contributed by atoms with E-state index in [0.29, 0.717) is 17.0 Å². The van der Waals surface area contributed by atoms with Crippen molar-refractivity contribution in [2.45, 2.75) is 77.5 Å². The molecule has 0 amide bonds. The molecule has 33 heavy (non-hydrogen) atoms. The second-order valence-electron chi connectivity index (χ2n) is 10.6. The Labute approximate surface area is 201 Å². The Morgan fingerprint density at radius 2 is 1.79 bits per heavy atom. The molecule has 0 N–H and O–H groups in total. The number of hydrogen-bond donors (Lipinski definition) is 0. The van der Waals surface area contributed by atoms with Crippen LogP contribution in [0.4, 0.5) is 0 Å². The zero-order chi connectivity index (χ0) is 25.1. The summed E-state index contributed by atoms with van der Waals surface area (Å²) < 4.78 is 31.7. The normalized spacial score (nSPS) is 20.7. The van der Waals surface area contributed by atoms with E-state index in [-0.39, 0.29) is 5.69 Å². The van der Waals surface area contributed by atoms with Crippen LogP contribution in [0.2, 0.25) is 0 Å². The van der Waals surface area contributed by atoms with Crippen LogP contribution < -0.4 is 4.57 Å². The van der Waals surface area contributed by atoms with Crippen LogP contribution in [-0.4, -0.2) is 4.98 Å². The smallest absolute Gasteiger partial charge is 0.227 e. The van der Waals surface area contributed by atoms with E-state index < -0.39 is 6.85 Å². The predicted molar refractivity (Wildman–Crippen MR) is 134 cm³/mol. The monoisotopic (exact) mass is 442 g/mol. The molecule has 0 atom stereocenters. The number of hydrogen-bond acceptors (Lipinski definition) is 2. The Hall–Kier alpha value is -2.68. The molecule has 0 bridgehead atoms. The van der Waals surface area contributed by atoms with Crippen LogP contribution in [0.1, 0.15) is 84.6 Å². The largest absolute Gasteiger partial charge is 0.437 e. The quantitative estimate of drug-likeness (QED) is 0.298. The number of rotatable bonds is 2. The molecule has 1 aromatic carbocycles. The summed E-state index contributed by atoms with van der Waals surface area (Å²) in [7, 11) is 2.09. The van der Waals surface area contributed by atoms with Crippen molar-refractivity contribution in [1.82, 2.24) is 4.98 Å². The number of benzene rings is 1. The Bertz CT molecular complexity index is 1440. The van der Waals surface area contributed by atoms with E-state index >= 15 is 0 Å². The van der Waals surface area contributed by atoms with Gasteiger partial charge < -0.3 is 4.42 Å². The third kappa shape index (κ3) is 3.57. The van der Waals surface area contributed by atoms with Crippen LogP contribution in [-0.2, 0) is 7.05 Å². The van der Waals surface area contributed by atoms with Crippen molar-refractivity contribution in [3.63, 3.8) is 0 Å². The Morgan fingerprint density at radius 1 is 1.00 bits per heavy atom. The zero-order valence-electron chi connectivity index (χ0n) is 22.8. The van der Waals surface area contributed by atoms with Crippen LogP contribution in [0, 0.1) is 19.2 Å². The highest BCUT2D eigenvalue weighted by atomic mass is 16.3. The van der Waals surface area contributed by atoms with Gasteiger partial charge in [0, 0.05) is 32.7 Å². The summed E-state index contributed by atoms with van der Waals surface area (Å²) in [6, 6.07) is 12.3. The first-order valence-electron chi connectivity index (χ1n) is 14.1. The van der Waals surface area contributed by atoms with Crippen LogP contribution in [0.25, 0.3) is 33.3 Å². The molecule has 1 spiro atoms. The maximum atomic E-state index is 7.73. The average Bonchev–Trinajstić information content (AvgIpc) is 3.23. The maximum Gasteiger partial charge on any atom is 0.227 e. The van der Waals surface area contributed by atoms with E-state index in [0.717, 1.165) is 33.2 Å². The average molecular weight is 443 g/mol. The van der Waals surface area contributed by atoms with Crippen molar-refractivity contribution in [2.24, 2.45) is 12.5 Å². The molecular weight excluding hydrogens is 404 g/mol. The van der Waals surface area contributed by atoms with Crippen molar-refractivity contribution < 1.29 is 13.1 Å². The molecule has 0 saturated heterocycles. The van der Waals surface area contributed by atoms with Gasteiger partial charge >= 0.3 is 0 Å². The van der Waals surface area contributed by atoms with Crippen molar-refractivity contribution in [3.8, 4) is 11.3 Å². The molecule has 0 aliphatic heterocycles. The SMILES string of the molecule is [2H]C([2H])([2H])c1ccc2c(n1)oc1c(-c3cc(C4CCC5(CCCCC5)CC4)cc[n+]3C)c(C)ccc12. The fourth-order valence-corrected chi connectivity index (χ4v) is 6.59. The first-order chi connectivity index (χ1) is 17.2. The van der Waals surface area contributed by atoms with E-state index in [1.807, 2.05) is 6.07 Å². The minimum absolute atomic E-state index is 0.0629. The molecule has 2 saturated carbocycles. The van der Waals surface area contributed by atoms with Gasteiger partial charge in [-0.15, -0.1) is 0 Å². The van der Waals surface area contributed by atoms with E-state index in [4.69, 9.17) is 8.53 Å². The number of aryl methyl sites for hydroxylation is 3. The topological polar surface area (TPSA) is 29.9 Å². The first kappa shape index (κ1) is 17.8. The highest BCUT2D eigenvalue weighted by molar-refractivity contribution is 6.08. The van der Waals surface area contributed by atoms with Gasteiger partial charge in [-0.2, -0.15) is 0 Å². The van der Waals surface area contributed by atoms with Gasteiger partial charge in [-0.3, -0.25) is 0 Å². The molecular formula is C30H35N2O+. The summed E-state index contributed by atoms with van der Waals surface area (Å²) in [5.41, 5.74) is 6.58. The number of fused-ring (bicyclic) bond motifs is 3. The second-order valence-corrected chi connectivity index (χ2v) is 10.6. The van der Waals surface area contributed by atoms with E-state index in [1.54, 1.807) is 6.07 Å². The summed E-state index contributed by atoms with van der Waals surface area (Å²) >= 11 is 0. The summed E-state index contributed by atoms with van der Waals surface area (Å²) in [6.07, 6.45) is 14.6. The molecule has 4 aromatic rings. The molecule has 3 heteroatoms. The van der Waals surface area contributed by atoms with Crippen molar-refractivity contribution in [2.75, 3.05) is 0 Å². The minimum atomic E-state index is -2.26. The maximum absolute atomic E-state index is 7.73. The minimum Gasteiger partial charge on any atom is -0.437 e. The summed E-state index contributed by atoms with van der Waals surface area (Å²) in [5.74, 6) is 0.608. The van der Waals surface area contributed by atoms with Gasteiger partial charge in [0.15, 0.2) is 11.8 Å². The van der Waals surface area contributed by atoms with Gasteiger partial charge in [-0.05, 0) is 86.9 Å². The first-order valence-corrected chi connectivity index (χ1v) is 12.6. The molecule has 0 unspecified atom stereocenters. The second kappa shape index (κ2) is 7.97. The lowest BCUT2D eigenvalue weighted by molar-refractivity contribution is -0.660. The predicted octanol–water partition coefficient (Wildman–Crippen LogP) is 7.70. The third-order valence-electron chi connectivity index (χ3n) is 8.58. The van der Waals surface area contributed by atoms with Gasteiger partial charge in [-0.1, -0.05) is 31.4 Å². The van der Waals surface area contributed by atoms with Crippen molar-refractivity contribution in [3.05, 3.63) is 59.4 Å². The van der Waals surface area contributed by atoms with E-state index in [9.17, 15) is 0 Å². The molecule has 2 aliphatic rings. The molecule has 3 heterocycles. The van der Waals surface area contributed by atoms with Crippen LogP contribution in [0.15, 0.2) is 47.0 Å². The molecule has 2 aliphatic carbocycles. The lowest BCUT2D eigenvalue weighted by Gasteiger charge is -2.43. The molecule has 3 aromatic heterocycles. The fourth-order valence-electron chi connectivity index (χ4n) is 6.59. The zero-order valence-corrected chi connectivity index (χ0v) is 19.8. The molecule has 3 nitrogen and oxygen atoms in total. The van der Waals surface area contributed by atoms with E-state index in [2.05, 4.69) is 54.0 Å². The van der Waals surface area contributed by atoms with Crippen molar-refractivity contribution >= 4 is 22.1 Å². The van der Waals surface area contributed by atoms with Gasteiger partial charge in [0.2, 0.25) is 11.4 Å². The Balaban J connectivity index is 1.40. The number of aromatic nitrogens is 2. The highest BCUT2D eigenvalue weighted by Gasteiger charge is 2.37. The lowest BCUT2D eigenvalue weighted by Crippen LogP contribution is -2.32. The third-order valence-corrected chi connectivity index (χ3v) is 8.58. The lowest BCUT2D eigenvalue weighted by atomic mass is 9.62. The summed E-state index contributed by atoms with van der Waals surface area (Å²) in [4.78, 5) is 4.37. The number of furan rings is 1. The fraction of sp³-hybridized carbons (Fsp3) is 0.467. The van der Waals surface area contributed by atoms with E-state index in [1.165, 1.54) is 63.4 Å². The van der Waals surface area contributed by atoms with Crippen molar-refractivity contribution in [1.29, 1.82) is 0 Å². The Kier molecular flexibility index (Phi) is 4.29. The molecule has 2 fully saturated rings. The summed E-state index contributed by atoms with van der Waals surface area (Å²) in [5, 5.41) is 1.82. The van der Waals surface area contributed by atoms with Crippen LogP contribution in [0.3, 0.4) is 0 Å². The van der Waals surface area contributed by atoms with Gasteiger partial charge in [0.05, 0.1) is 5.56 Å². The Morgan fingerprint density at radius 3 is 2.58 bits per heavy atom. The van der Waals surface area contributed by atoms with Gasteiger partial charge in [-0.25, -0.2) is 9.55 Å².